The summed E-state index contributed by atoms with van der Waals surface area (Å²) in [4.78, 5) is 0. The van der Waals surface area contributed by atoms with Crippen molar-refractivity contribution in [1.29, 1.82) is 0 Å². The third-order valence-corrected chi connectivity index (χ3v) is 1.65. The molecule has 0 spiro atoms. The van der Waals surface area contributed by atoms with Gasteiger partial charge in [-0.2, -0.15) is 0 Å². The second kappa shape index (κ2) is 6.66. The molecule has 0 N–H and O–H groups in total. The number of rotatable bonds is 0. The van der Waals surface area contributed by atoms with Crippen LogP contribution in [-0.4, -0.2) is 0 Å². The molecule has 63 valence electrons. The highest BCUT2D eigenvalue weighted by molar-refractivity contribution is 5.12. The van der Waals surface area contributed by atoms with Crippen LogP contribution in [0.25, 0.3) is 0 Å². The molecule has 1 rings (SSSR count). The smallest absolute Gasteiger partial charge is 0.0130 e. The molecular weight excluding hydrogens is 144 g/mol. The highest BCUT2D eigenvalue weighted by atomic mass is 13.8. The molecule has 0 saturated heterocycles. The van der Waals surface area contributed by atoms with E-state index in [-0.39, 0.29) is 0 Å². The molecule has 0 aromatic rings. The van der Waals surface area contributed by atoms with Gasteiger partial charge in [0.1, 0.15) is 0 Å². The summed E-state index contributed by atoms with van der Waals surface area (Å²) in [5, 5.41) is 0. The topological polar surface area (TPSA) is 0 Å². The molecule has 0 heterocycles. The van der Waals surface area contributed by atoms with E-state index < -0.39 is 0 Å². The van der Waals surface area contributed by atoms with Gasteiger partial charge < -0.3 is 0 Å². The Bertz CT molecular complexity index is 156. The zero-order chi connectivity index (χ0) is 8.49. The van der Waals surface area contributed by atoms with Gasteiger partial charge >= 0.3 is 0 Å². The lowest BCUT2D eigenvalue weighted by atomic mass is 10.2. The maximum atomic E-state index is 2.20. The predicted octanol–water partition coefficient (Wildman–Crippen LogP) is 3.60. The summed E-state index contributed by atoms with van der Waals surface area (Å²) in [6.45, 7) is 0. The molecule has 0 aromatic carbocycles. The summed E-state index contributed by atoms with van der Waals surface area (Å²) >= 11 is 0. The molecule has 0 fully saturated rings. The highest BCUT2D eigenvalue weighted by Crippen LogP contribution is 1.98. The van der Waals surface area contributed by atoms with Gasteiger partial charge in [0, 0.05) is 0 Å². The van der Waals surface area contributed by atoms with E-state index in [4.69, 9.17) is 0 Å². The molecule has 1 radical (unpaired) electrons. The quantitative estimate of drug-likeness (QED) is 0.506. The van der Waals surface area contributed by atoms with Crippen molar-refractivity contribution in [2.45, 2.75) is 19.3 Å². The van der Waals surface area contributed by atoms with Gasteiger partial charge in [-0.05, 0) is 25.7 Å². The summed E-state index contributed by atoms with van der Waals surface area (Å²) in [5.41, 5.74) is 0. The lowest BCUT2D eigenvalue weighted by Crippen LogP contribution is -1.68. The minimum Gasteiger partial charge on any atom is -0.0842 e. The average molecular weight is 159 g/mol. The maximum Gasteiger partial charge on any atom is -0.0130 e. The van der Waals surface area contributed by atoms with Crippen molar-refractivity contribution in [2.24, 2.45) is 0 Å². The van der Waals surface area contributed by atoms with Crippen LogP contribution in [0.1, 0.15) is 19.3 Å². The van der Waals surface area contributed by atoms with Crippen molar-refractivity contribution in [3.05, 3.63) is 55.0 Å². The van der Waals surface area contributed by atoms with E-state index in [1.165, 1.54) is 0 Å². The van der Waals surface area contributed by atoms with Crippen LogP contribution < -0.4 is 0 Å². The van der Waals surface area contributed by atoms with E-state index in [2.05, 4.69) is 55.0 Å². The van der Waals surface area contributed by atoms with Gasteiger partial charge in [0.2, 0.25) is 0 Å². The molecule has 0 nitrogen and oxygen atoms in total. The van der Waals surface area contributed by atoms with Crippen molar-refractivity contribution in [3.8, 4) is 0 Å². The summed E-state index contributed by atoms with van der Waals surface area (Å²) in [7, 11) is 0. The molecule has 0 aromatic heterocycles. The molecule has 0 saturated carbocycles. The molecule has 12 heavy (non-hydrogen) atoms. The van der Waals surface area contributed by atoms with E-state index in [0.29, 0.717) is 0 Å². The van der Waals surface area contributed by atoms with Crippen molar-refractivity contribution in [2.75, 3.05) is 0 Å². The fourth-order valence-electron chi connectivity index (χ4n) is 0.999. The fraction of sp³-hybridized carbons (Fsp3) is 0.250. The van der Waals surface area contributed by atoms with Crippen LogP contribution in [0.4, 0.5) is 0 Å². The summed E-state index contributed by atoms with van der Waals surface area (Å²) in [6.07, 6.45) is 22.5. The van der Waals surface area contributed by atoms with Gasteiger partial charge in [-0.3, -0.25) is 0 Å². The van der Waals surface area contributed by atoms with Crippen LogP contribution in [0.3, 0.4) is 0 Å². The van der Waals surface area contributed by atoms with Crippen LogP contribution in [0, 0.1) is 6.42 Å². The van der Waals surface area contributed by atoms with E-state index in [9.17, 15) is 0 Å². The minimum atomic E-state index is 1.02. The number of hydrogen-bond donors (Lipinski definition) is 0. The monoisotopic (exact) mass is 159 g/mol. The SMILES string of the molecule is [CH]1C=CC=CCCC=CC=CC1. The summed E-state index contributed by atoms with van der Waals surface area (Å²) in [5.74, 6) is 0. The van der Waals surface area contributed by atoms with Crippen LogP contribution in [0.5, 0.6) is 0 Å². The largest absolute Gasteiger partial charge is 0.0842 e. The van der Waals surface area contributed by atoms with Crippen LogP contribution in [-0.2, 0) is 0 Å². The Kier molecular flexibility index (Phi) is 5.02. The van der Waals surface area contributed by atoms with Gasteiger partial charge in [-0.25, -0.2) is 0 Å². The van der Waals surface area contributed by atoms with Gasteiger partial charge in [0.25, 0.3) is 0 Å². The van der Waals surface area contributed by atoms with E-state index in [0.717, 1.165) is 19.3 Å². The van der Waals surface area contributed by atoms with E-state index in [1.807, 2.05) is 0 Å². The summed E-state index contributed by atoms with van der Waals surface area (Å²) in [6, 6.07) is 0. The first kappa shape index (κ1) is 9.05. The first-order chi connectivity index (χ1) is 6.00. The Balaban J connectivity index is 2.40. The van der Waals surface area contributed by atoms with Crippen molar-refractivity contribution < 1.29 is 0 Å². The molecule has 0 bridgehead atoms. The average Bonchev–Trinajstić information content (AvgIpc) is 2.05. The standard InChI is InChI=1S/C12H15/c1-2-4-6-8-10-12-11-9-7-5-3-1/h1-5,8,10-12H,6-7,9H2. The van der Waals surface area contributed by atoms with Gasteiger partial charge in [-0.1, -0.05) is 48.6 Å². The maximum absolute atomic E-state index is 2.20. The second-order valence-corrected chi connectivity index (χ2v) is 2.72. The minimum absolute atomic E-state index is 1.02. The predicted molar refractivity (Wildman–Crippen MR) is 54.7 cm³/mol. The van der Waals surface area contributed by atoms with Crippen LogP contribution in [0.15, 0.2) is 48.6 Å². The lowest BCUT2D eigenvalue weighted by Gasteiger charge is -1.88. The third kappa shape index (κ3) is 4.73. The Morgan fingerprint density at radius 2 is 1.25 bits per heavy atom. The van der Waals surface area contributed by atoms with Gasteiger partial charge in [0.15, 0.2) is 0 Å². The molecule has 0 aliphatic heterocycles. The molecule has 0 unspecified atom stereocenters. The fourth-order valence-corrected chi connectivity index (χ4v) is 0.999. The van der Waals surface area contributed by atoms with Crippen molar-refractivity contribution >= 4 is 0 Å². The number of allylic oxidation sites excluding steroid dienone is 8. The first-order valence-electron chi connectivity index (χ1n) is 4.47. The number of hydrogen-bond acceptors (Lipinski definition) is 0. The Hall–Kier alpha value is -1.04. The third-order valence-electron chi connectivity index (χ3n) is 1.65. The van der Waals surface area contributed by atoms with E-state index in [1.54, 1.807) is 0 Å². The van der Waals surface area contributed by atoms with Crippen LogP contribution in [0.2, 0.25) is 0 Å². The molecule has 1 aliphatic rings. The second-order valence-electron chi connectivity index (χ2n) is 2.72. The Morgan fingerprint density at radius 3 is 2.08 bits per heavy atom. The van der Waals surface area contributed by atoms with Gasteiger partial charge in [-0.15, -0.1) is 0 Å². The summed E-state index contributed by atoms with van der Waals surface area (Å²) < 4.78 is 0. The van der Waals surface area contributed by atoms with Crippen molar-refractivity contribution in [3.63, 3.8) is 0 Å². The highest BCUT2D eigenvalue weighted by Gasteiger charge is 1.78. The Labute approximate surface area is 75.0 Å². The normalized spacial score (nSPS) is 18.7. The lowest BCUT2D eigenvalue weighted by molar-refractivity contribution is 1.05. The van der Waals surface area contributed by atoms with Crippen LogP contribution >= 0.6 is 0 Å². The molecule has 0 amide bonds. The van der Waals surface area contributed by atoms with Gasteiger partial charge in [0.05, 0.1) is 0 Å². The Morgan fingerprint density at radius 1 is 0.583 bits per heavy atom. The zero-order valence-corrected chi connectivity index (χ0v) is 7.32. The molecular formula is C12H15. The van der Waals surface area contributed by atoms with Crippen molar-refractivity contribution in [1.82, 2.24) is 0 Å². The molecule has 0 atom stereocenters. The first-order valence-corrected chi connectivity index (χ1v) is 4.47. The van der Waals surface area contributed by atoms with E-state index >= 15 is 0 Å². The molecule has 1 aliphatic carbocycles. The zero-order valence-electron chi connectivity index (χ0n) is 7.32. The molecule has 0 heteroatoms.